The third kappa shape index (κ3) is 2.73. The molecule has 1 aromatic rings. The van der Waals surface area contributed by atoms with E-state index in [-0.39, 0.29) is 18.6 Å². The second-order valence-electron chi connectivity index (χ2n) is 3.46. The van der Waals surface area contributed by atoms with E-state index in [4.69, 9.17) is 5.11 Å². The van der Waals surface area contributed by atoms with E-state index < -0.39 is 0 Å². The van der Waals surface area contributed by atoms with Crippen LogP contribution < -0.4 is 0 Å². The Kier molecular flexibility index (Phi) is 4.17. The number of hydrogen-bond donors (Lipinski definition) is 2. The molecule has 0 fully saturated rings. The fourth-order valence-electron chi connectivity index (χ4n) is 1.17. The predicted octanol–water partition coefficient (Wildman–Crippen LogP) is 1.43. The summed E-state index contributed by atoms with van der Waals surface area (Å²) in [6.07, 6.45) is 0. The average molecular weight is 225 g/mol. The molecule has 0 radical (unpaired) electrons. The lowest BCUT2D eigenvalue weighted by Crippen LogP contribution is -2.37. The minimum atomic E-state index is -0.189. The number of likely N-dealkylation sites (N-methyl/N-ethyl adjacent to an activating group) is 1. The van der Waals surface area contributed by atoms with Crippen LogP contribution in [0.4, 0.5) is 0 Å². The van der Waals surface area contributed by atoms with Gasteiger partial charge in [-0.3, -0.25) is 4.79 Å². The summed E-state index contributed by atoms with van der Waals surface area (Å²) in [5, 5.41) is 8.96. The molecule has 15 heavy (non-hydrogen) atoms. The molecule has 0 saturated heterocycles. The first-order valence-electron chi connectivity index (χ1n) is 4.74. The van der Waals surface area contributed by atoms with Crippen molar-refractivity contribution in [1.29, 1.82) is 0 Å². The lowest BCUT2D eigenvalue weighted by Gasteiger charge is -2.23. The van der Waals surface area contributed by atoms with E-state index in [1.807, 2.05) is 6.07 Å². The van der Waals surface area contributed by atoms with Gasteiger partial charge in [0.15, 0.2) is 0 Å². The number of aliphatic hydroxyl groups is 1. The molecule has 0 bridgehead atoms. The highest BCUT2D eigenvalue weighted by molar-refractivity contribution is 7.80. The molecule has 0 aromatic heterocycles. The third-order valence-electron chi connectivity index (χ3n) is 2.38. The van der Waals surface area contributed by atoms with Crippen LogP contribution in [0.3, 0.4) is 0 Å². The van der Waals surface area contributed by atoms with Gasteiger partial charge in [-0.1, -0.05) is 12.1 Å². The first kappa shape index (κ1) is 12.1. The highest BCUT2D eigenvalue weighted by Gasteiger charge is 2.17. The SMILES string of the molecule is CC(CO)N(C)C(=O)c1ccccc1S. The van der Waals surface area contributed by atoms with E-state index in [0.717, 1.165) is 0 Å². The highest BCUT2D eigenvalue weighted by atomic mass is 32.1. The maximum atomic E-state index is 11.9. The summed E-state index contributed by atoms with van der Waals surface area (Å²) < 4.78 is 0. The molecule has 3 nitrogen and oxygen atoms in total. The predicted molar refractivity (Wildman–Crippen MR) is 62.3 cm³/mol. The van der Waals surface area contributed by atoms with Crippen LogP contribution in [0.15, 0.2) is 29.2 Å². The van der Waals surface area contributed by atoms with E-state index in [9.17, 15) is 4.79 Å². The van der Waals surface area contributed by atoms with Crippen molar-refractivity contribution in [1.82, 2.24) is 4.90 Å². The van der Waals surface area contributed by atoms with Gasteiger partial charge in [-0.05, 0) is 19.1 Å². The van der Waals surface area contributed by atoms with Gasteiger partial charge < -0.3 is 10.0 Å². The summed E-state index contributed by atoms with van der Waals surface area (Å²) in [5.41, 5.74) is 0.559. The summed E-state index contributed by atoms with van der Waals surface area (Å²) in [4.78, 5) is 14.1. The van der Waals surface area contributed by atoms with Gasteiger partial charge in [0, 0.05) is 11.9 Å². The topological polar surface area (TPSA) is 40.5 Å². The van der Waals surface area contributed by atoms with Crippen molar-refractivity contribution >= 4 is 18.5 Å². The van der Waals surface area contributed by atoms with Crippen LogP contribution in [0.5, 0.6) is 0 Å². The number of rotatable bonds is 3. The zero-order valence-corrected chi connectivity index (χ0v) is 9.74. The number of carbonyl (C=O) groups excluding carboxylic acids is 1. The van der Waals surface area contributed by atoms with Gasteiger partial charge in [0.1, 0.15) is 0 Å². The Hall–Kier alpha value is -1.00. The van der Waals surface area contributed by atoms with Gasteiger partial charge in [0.25, 0.3) is 5.91 Å². The van der Waals surface area contributed by atoms with Crippen LogP contribution >= 0.6 is 12.6 Å². The molecule has 1 aromatic carbocycles. The number of benzene rings is 1. The van der Waals surface area contributed by atoms with E-state index in [1.54, 1.807) is 32.2 Å². The van der Waals surface area contributed by atoms with Crippen molar-refractivity contribution in [2.75, 3.05) is 13.7 Å². The Morgan fingerprint density at radius 1 is 1.53 bits per heavy atom. The number of thiol groups is 1. The van der Waals surface area contributed by atoms with Crippen molar-refractivity contribution in [2.24, 2.45) is 0 Å². The number of amides is 1. The number of nitrogens with zero attached hydrogens (tertiary/aromatic N) is 1. The normalized spacial score (nSPS) is 12.3. The van der Waals surface area contributed by atoms with Crippen molar-refractivity contribution < 1.29 is 9.90 Å². The number of hydrogen-bond acceptors (Lipinski definition) is 3. The first-order valence-corrected chi connectivity index (χ1v) is 5.18. The second-order valence-corrected chi connectivity index (χ2v) is 3.95. The molecule has 0 spiro atoms. The maximum absolute atomic E-state index is 11.9. The van der Waals surface area contributed by atoms with Crippen LogP contribution in [-0.4, -0.2) is 35.6 Å². The smallest absolute Gasteiger partial charge is 0.255 e. The maximum Gasteiger partial charge on any atom is 0.255 e. The molecule has 4 heteroatoms. The molecule has 1 N–H and O–H groups in total. The molecule has 82 valence electrons. The summed E-state index contributed by atoms with van der Waals surface area (Å²) in [6.45, 7) is 1.75. The summed E-state index contributed by atoms with van der Waals surface area (Å²) >= 11 is 4.22. The van der Waals surface area contributed by atoms with Crippen molar-refractivity contribution in [3.63, 3.8) is 0 Å². The Bertz CT molecular complexity index is 354. The average Bonchev–Trinajstić information content (AvgIpc) is 2.26. The second kappa shape index (κ2) is 5.19. The molecule has 0 aliphatic carbocycles. The van der Waals surface area contributed by atoms with Crippen LogP contribution in [-0.2, 0) is 0 Å². The Morgan fingerprint density at radius 2 is 2.13 bits per heavy atom. The standard InChI is InChI=1S/C11H15NO2S/c1-8(7-13)12(2)11(14)9-5-3-4-6-10(9)15/h3-6,8,13,15H,7H2,1-2H3. The Balaban J connectivity index is 2.90. The molecular weight excluding hydrogens is 210 g/mol. The first-order chi connectivity index (χ1) is 7.07. The largest absolute Gasteiger partial charge is 0.394 e. The van der Waals surface area contributed by atoms with Crippen molar-refractivity contribution in [3.8, 4) is 0 Å². The van der Waals surface area contributed by atoms with Crippen molar-refractivity contribution in [2.45, 2.75) is 17.9 Å². The van der Waals surface area contributed by atoms with Crippen LogP contribution in [0, 0.1) is 0 Å². The minimum Gasteiger partial charge on any atom is -0.394 e. The molecule has 0 aliphatic rings. The molecular formula is C11H15NO2S. The highest BCUT2D eigenvalue weighted by Crippen LogP contribution is 2.15. The molecule has 0 aliphatic heterocycles. The van der Waals surface area contributed by atoms with Gasteiger partial charge in [0.2, 0.25) is 0 Å². The lowest BCUT2D eigenvalue weighted by atomic mass is 10.2. The number of carbonyl (C=O) groups is 1. The number of aliphatic hydroxyl groups excluding tert-OH is 1. The molecule has 0 heterocycles. The molecule has 1 amide bonds. The van der Waals surface area contributed by atoms with Gasteiger partial charge in [-0.15, -0.1) is 12.6 Å². The van der Waals surface area contributed by atoms with E-state index in [2.05, 4.69) is 12.6 Å². The van der Waals surface area contributed by atoms with Crippen molar-refractivity contribution in [3.05, 3.63) is 29.8 Å². The zero-order valence-electron chi connectivity index (χ0n) is 8.84. The van der Waals surface area contributed by atoms with Gasteiger partial charge in [0.05, 0.1) is 18.2 Å². The summed E-state index contributed by atoms with van der Waals surface area (Å²) in [5.74, 6) is -0.123. The van der Waals surface area contributed by atoms with E-state index in [0.29, 0.717) is 10.5 Å². The van der Waals surface area contributed by atoms with Crippen LogP contribution in [0.1, 0.15) is 17.3 Å². The molecule has 1 unspecified atom stereocenters. The van der Waals surface area contributed by atoms with Gasteiger partial charge in [-0.25, -0.2) is 0 Å². The summed E-state index contributed by atoms with van der Waals surface area (Å²) in [7, 11) is 1.67. The lowest BCUT2D eigenvalue weighted by molar-refractivity contribution is 0.0679. The monoisotopic (exact) mass is 225 g/mol. The van der Waals surface area contributed by atoms with Gasteiger partial charge in [-0.2, -0.15) is 0 Å². The van der Waals surface area contributed by atoms with Crippen LogP contribution in [0.25, 0.3) is 0 Å². The fourth-order valence-corrected chi connectivity index (χ4v) is 1.42. The quantitative estimate of drug-likeness (QED) is 0.764. The summed E-state index contributed by atoms with van der Waals surface area (Å²) in [6, 6.07) is 6.93. The van der Waals surface area contributed by atoms with Crippen LogP contribution in [0.2, 0.25) is 0 Å². The van der Waals surface area contributed by atoms with E-state index >= 15 is 0 Å². The van der Waals surface area contributed by atoms with E-state index in [1.165, 1.54) is 4.90 Å². The molecule has 0 saturated carbocycles. The molecule has 1 atom stereocenters. The fraction of sp³-hybridized carbons (Fsp3) is 0.364. The Labute approximate surface area is 95.1 Å². The molecule has 1 rings (SSSR count). The van der Waals surface area contributed by atoms with Gasteiger partial charge >= 0.3 is 0 Å². The third-order valence-corrected chi connectivity index (χ3v) is 2.77. The Morgan fingerprint density at radius 3 is 2.67 bits per heavy atom. The zero-order chi connectivity index (χ0) is 11.4. The minimum absolute atomic E-state index is 0.0447.